The Labute approximate surface area is 341 Å². The summed E-state index contributed by atoms with van der Waals surface area (Å²) in [5.41, 5.74) is 19.4. The second-order valence-corrected chi connectivity index (χ2v) is 15.0. The first-order chi connectivity index (χ1) is 25.7. The van der Waals surface area contributed by atoms with Crippen molar-refractivity contribution in [2.45, 2.75) is 64.5 Å². The van der Waals surface area contributed by atoms with E-state index in [-0.39, 0.29) is 34.0 Å². The predicted molar refractivity (Wildman–Crippen MR) is 211 cm³/mol. The van der Waals surface area contributed by atoms with Crippen molar-refractivity contribution in [3.63, 3.8) is 0 Å². The number of aromatic nitrogens is 2. The Morgan fingerprint density at radius 3 is 0.963 bits per heavy atom. The van der Waals surface area contributed by atoms with E-state index in [1.807, 2.05) is 0 Å². The number of nitrogens with zero attached hydrogens (tertiary/aromatic N) is 2. The average Bonchev–Trinajstić information content (AvgIpc) is 3.18. The van der Waals surface area contributed by atoms with Gasteiger partial charge in [-0.15, -0.1) is 0 Å². The molecule has 0 N–H and O–H groups in total. The number of benzene rings is 5. The number of hydrogen-bond acceptors (Lipinski definition) is 0. The standard InChI is InChI=1S/C50H46N2.2BrH/c1-5-39-6-2-37(1)9-11-41-19-23-45(21-17-39)49(33-41)47-25-29-51(30-26-47)35-43-13-15-44(16-14-43)36-52-31-27-48(28-32-52)50-34-42-12-10-38-3-7-40(8-4-38)18-22-46(50)24-20-42;;/h1-8,13-16,19-20,23-34H,9-12,17-18,21-22,35-36H2;2*1H/q+2;;/p-2. The summed E-state index contributed by atoms with van der Waals surface area (Å²) < 4.78 is 4.58. The van der Waals surface area contributed by atoms with Crippen molar-refractivity contribution in [2.24, 2.45) is 0 Å². The molecule has 15 rings (SSSR count). The van der Waals surface area contributed by atoms with Gasteiger partial charge in [0.1, 0.15) is 0 Å². The van der Waals surface area contributed by atoms with Crippen LogP contribution in [0, 0.1) is 0 Å². The SMILES string of the molecule is [Br-].[Br-].c1cc2ccc1CCc1ccc(c(-c3cc[n+](Cc4ccc(C[n+]5ccc(-c6cc7ccc6CCc6ccc(cc6)CC7)cc5)cc4)cc3)c1)CC2. The second kappa shape index (κ2) is 17.2. The van der Waals surface area contributed by atoms with E-state index in [2.05, 4.69) is 167 Å². The molecule has 2 aromatic heterocycles. The van der Waals surface area contributed by atoms with Crippen molar-refractivity contribution in [1.29, 1.82) is 0 Å². The summed E-state index contributed by atoms with van der Waals surface area (Å²) in [7, 11) is 0. The maximum Gasteiger partial charge on any atom is 0.173 e. The molecule has 2 nitrogen and oxygen atoms in total. The van der Waals surface area contributed by atoms with E-state index in [0.29, 0.717) is 0 Å². The van der Waals surface area contributed by atoms with Crippen LogP contribution in [-0.4, -0.2) is 0 Å². The molecule has 0 atom stereocenters. The Hall–Kier alpha value is -4.64. The van der Waals surface area contributed by atoms with Crippen LogP contribution in [0.4, 0.5) is 0 Å². The summed E-state index contributed by atoms with van der Waals surface area (Å²) in [6, 6.07) is 51.1. The van der Waals surface area contributed by atoms with Gasteiger partial charge in [-0.2, -0.15) is 0 Å². The zero-order chi connectivity index (χ0) is 34.7. The van der Waals surface area contributed by atoms with Gasteiger partial charge in [-0.05, 0) is 118 Å². The van der Waals surface area contributed by atoms with E-state index < -0.39 is 0 Å². The molecule has 5 aromatic carbocycles. The highest BCUT2D eigenvalue weighted by molar-refractivity contribution is 5.69. The summed E-state index contributed by atoms with van der Waals surface area (Å²) in [4.78, 5) is 0. The van der Waals surface area contributed by atoms with Crippen molar-refractivity contribution < 1.29 is 43.1 Å². The molecule has 7 aromatic rings. The molecule has 8 bridgehead atoms. The molecular formula is C50H46Br2N2. The van der Waals surface area contributed by atoms with Gasteiger partial charge in [-0.25, -0.2) is 9.13 Å². The van der Waals surface area contributed by atoms with E-state index in [1.54, 1.807) is 0 Å². The van der Waals surface area contributed by atoms with Crippen molar-refractivity contribution in [3.8, 4) is 22.3 Å². The molecule has 0 unspecified atom stereocenters. The largest absolute Gasteiger partial charge is 1.00 e. The lowest BCUT2D eigenvalue weighted by Gasteiger charge is -2.14. The normalized spacial score (nSPS) is 13.2. The van der Waals surface area contributed by atoms with Gasteiger partial charge < -0.3 is 34.0 Å². The number of pyridine rings is 2. The molecule has 0 aliphatic heterocycles. The highest BCUT2D eigenvalue weighted by Gasteiger charge is 2.14. The Morgan fingerprint density at radius 1 is 0.315 bits per heavy atom. The summed E-state index contributed by atoms with van der Waals surface area (Å²) in [5.74, 6) is 0. The van der Waals surface area contributed by atoms with E-state index >= 15 is 0 Å². The van der Waals surface area contributed by atoms with Crippen LogP contribution < -0.4 is 43.1 Å². The van der Waals surface area contributed by atoms with E-state index in [0.717, 1.165) is 64.5 Å². The molecule has 270 valence electrons. The summed E-state index contributed by atoms with van der Waals surface area (Å²) in [5, 5.41) is 0. The third-order valence-electron chi connectivity index (χ3n) is 11.3. The van der Waals surface area contributed by atoms with Gasteiger partial charge in [0.05, 0.1) is 0 Å². The maximum atomic E-state index is 2.43. The lowest BCUT2D eigenvalue weighted by atomic mass is 9.91. The van der Waals surface area contributed by atoms with Crippen LogP contribution in [0.2, 0.25) is 0 Å². The van der Waals surface area contributed by atoms with Crippen molar-refractivity contribution in [3.05, 3.63) is 214 Å². The molecule has 8 aliphatic rings. The average molecular weight is 835 g/mol. The summed E-state index contributed by atoms with van der Waals surface area (Å²) in [6.45, 7) is 1.72. The topological polar surface area (TPSA) is 7.76 Å². The minimum Gasteiger partial charge on any atom is -1.00 e. The highest BCUT2D eigenvalue weighted by Crippen LogP contribution is 2.29. The zero-order valence-electron chi connectivity index (χ0n) is 30.7. The highest BCUT2D eigenvalue weighted by atomic mass is 79.9. The Morgan fingerprint density at radius 2 is 0.611 bits per heavy atom. The summed E-state index contributed by atoms with van der Waals surface area (Å²) in [6.07, 6.45) is 17.5. The van der Waals surface area contributed by atoms with Gasteiger partial charge in [-0.1, -0.05) is 109 Å². The van der Waals surface area contributed by atoms with Crippen LogP contribution in [0.15, 0.2) is 158 Å². The molecule has 0 saturated heterocycles. The van der Waals surface area contributed by atoms with Crippen LogP contribution in [0.3, 0.4) is 0 Å². The molecule has 0 fully saturated rings. The first-order valence-corrected chi connectivity index (χ1v) is 19.1. The molecule has 0 radical (unpaired) electrons. The molecule has 0 amide bonds. The molecule has 0 spiro atoms. The van der Waals surface area contributed by atoms with Gasteiger partial charge in [0, 0.05) is 35.4 Å². The van der Waals surface area contributed by atoms with Crippen LogP contribution >= 0.6 is 0 Å². The van der Waals surface area contributed by atoms with E-state index in [9.17, 15) is 0 Å². The monoisotopic (exact) mass is 832 g/mol. The van der Waals surface area contributed by atoms with Crippen LogP contribution in [-0.2, 0) is 64.5 Å². The van der Waals surface area contributed by atoms with E-state index in [4.69, 9.17) is 0 Å². The van der Waals surface area contributed by atoms with Crippen molar-refractivity contribution in [2.75, 3.05) is 0 Å². The first kappa shape index (κ1) is 37.7. The van der Waals surface area contributed by atoms with Gasteiger partial charge in [0.15, 0.2) is 37.9 Å². The zero-order valence-corrected chi connectivity index (χ0v) is 33.9. The number of rotatable bonds is 6. The van der Waals surface area contributed by atoms with Crippen LogP contribution in [0.5, 0.6) is 0 Å². The van der Waals surface area contributed by atoms with Gasteiger partial charge >= 0.3 is 0 Å². The minimum atomic E-state index is 0. The molecule has 54 heavy (non-hydrogen) atoms. The molecule has 0 saturated carbocycles. The fraction of sp³-hybridized carbons (Fsp3) is 0.200. The van der Waals surface area contributed by atoms with Crippen molar-refractivity contribution >= 4 is 0 Å². The summed E-state index contributed by atoms with van der Waals surface area (Å²) >= 11 is 0. The third kappa shape index (κ3) is 8.83. The van der Waals surface area contributed by atoms with E-state index in [1.165, 1.54) is 77.9 Å². The van der Waals surface area contributed by atoms with Gasteiger partial charge in [-0.3, -0.25) is 0 Å². The predicted octanol–water partition coefficient (Wildman–Crippen LogP) is 3.47. The Bertz CT molecular complexity index is 2140. The Balaban J connectivity index is 0.00000225. The second-order valence-electron chi connectivity index (χ2n) is 15.0. The first-order valence-electron chi connectivity index (χ1n) is 19.1. The lowest BCUT2D eigenvalue weighted by molar-refractivity contribution is -0.688. The lowest BCUT2D eigenvalue weighted by Crippen LogP contribution is -3.00. The van der Waals surface area contributed by atoms with Gasteiger partial charge in [0.25, 0.3) is 0 Å². The molecule has 8 aliphatic carbocycles. The van der Waals surface area contributed by atoms with Gasteiger partial charge in [0.2, 0.25) is 0 Å². The molecule has 4 heteroatoms. The molecular weight excluding hydrogens is 788 g/mol. The maximum absolute atomic E-state index is 2.43. The molecule has 2 heterocycles. The van der Waals surface area contributed by atoms with Crippen molar-refractivity contribution in [1.82, 2.24) is 0 Å². The quantitative estimate of drug-likeness (QED) is 0.227. The number of aryl methyl sites for hydroxylation is 8. The van der Waals surface area contributed by atoms with Crippen LogP contribution in [0.25, 0.3) is 22.3 Å². The smallest absolute Gasteiger partial charge is 0.173 e. The number of hydrogen-bond donors (Lipinski definition) is 0. The fourth-order valence-electron chi connectivity index (χ4n) is 8.07. The number of halogens is 2. The fourth-order valence-corrected chi connectivity index (χ4v) is 8.07. The van der Waals surface area contributed by atoms with Crippen LogP contribution in [0.1, 0.15) is 55.6 Å². The minimum absolute atomic E-state index is 0. The Kier molecular flexibility index (Phi) is 12.0. The third-order valence-corrected chi connectivity index (χ3v) is 11.3.